The van der Waals surface area contributed by atoms with Gasteiger partial charge in [-0.15, -0.1) is 0 Å². The van der Waals surface area contributed by atoms with Crippen LogP contribution in [0.3, 0.4) is 0 Å². The third kappa shape index (κ3) is 5.15. The number of rotatable bonds is 8. The van der Waals surface area contributed by atoms with Crippen LogP contribution in [0.2, 0.25) is 0 Å². The Labute approximate surface area is 145 Å². The van der Waals surface area contributed by atoms with Gasteiger partial charge in [-0.1, -0.05) is 12.1 Å². The molecule has 0 unspecified atom stereocenters. The van der Waals surface area contributed by atoms with Crippen molar-refractivity contribution in [1.29, 1.82) is 0 Å². The molecule has 124 valence electrons. The summed E-state index contributed by atoms with van der Waals surface area (Å²) in [6, 6.07) is 12.0. The topological polar surface area (TPSA) is 39.7 Å². The van der Waals surface area contributed by atoms with Crippen molar-refractivity contribution in [1.82, 2.24) is 5.32 Å². The molecular weight excluding hydrogens is 358 g/mol. The zero-order chi connectivity index (χ0) is 16.7. The maximum absolute atomic E-state index is 5.83. The van der Waals surface area contributed by atoms with Gasteiger partial charge in [-0.3, -0.25) is 0 Å². The number of ether oxygens (including phenoxy) is 3. The summed E-state index contributed by atoms with van der Waals surface area (Å²) in [7, 11) is 3.55. The Hall–Kier alpha value is -1.72. The van der Waals surface area contributed by atoms with Gasteiger partial charge in [-0.2, -0.15) is 0 Å². The fraction of sp³-hybridized carbons (Fsp3) is 0.333. The molecule has 0 saturated carbocycles. The average molecular weight is 380 g/mol. The van der Waals surface area contributed by atoms with E-state index < -0.39 is 0 Å². The fourth-order valence-corrected chi connectivity index (χ4v) is 2.83. The van der Waals surface area contributed by atoms with Crippen molar-refractivity contribution >= 4 is 15.9 Å². The Kier molecular flexibility index (Phi) is 6.74. The lowest BCUT2D eigenvalue weighted by Crippen LogP contribution is -2.11. The normalized spacial score (nSPS) is 10.4. The van der Waals surface area contributed by atoms with E-state index in [-0.39, 0.29) is 0 Å². The van der Waals surface area contributed by atoms with E-state index in [2.05, 4.69) is 21.2 Å². The van der Waals surface area contributed by atoms with Gasteiger partial charge < -0.3 is 19.5 Å². The Balaban J connectivity index is 1.94. The zero-order valence-corrected chi connectivity index (χ0v) is 15.3. The third-order valence-corrected chi connectivity index (χ3v) is 3.85. The quantitative estimate of drug-likeness (QED) is 0.705. The van der Waals surface area contributed by atoms with Crippen molar-refractivity contribution in [3.63, 3.8) is 0 Å². The molecule has 0 aliphatic heterocycles. The number of halogens is 1. The van der Waals surface area contributed by atoms with Crippen LogP contribution in [0.1, 0.15) is 11.1 Å². The SMILES string of the molecule is CNCc1cc(Br)c(OCCOc2cccc(C)c2)c(OC)c1. The summed E-state index contributed by atoms with van der Waals surface area (Å²) >= 11 is 3.54. The van der Waals surface area contributed by atoms with Gasteiger partial charge in [-0.05, 0) is 65.3 Å². The van der Waals surface area contributed by atoms with Crippen LogP contribution in [-0.2, 0) is 6.54 Å². The zero-order valence-electron chi connectivity index (χ0n) is 13.7. The highest BCUT2D eigenvalue weighted by Gasteiger charge is 2.11. The van der Waals surface area contributed by atoms with Gasteiger partial charge in [0.15, 0.2) is 11.5 Å². The van der Waals surface area contributed by atoms with Crippen molar-refractivity contribution in [2.24, 2.45) is 0 Å². The van der Waals surface area contributed by atoms with Crippen LogP contribution in [0.25, 0.3) is 0 Å². The number of benzene rings is 2. The molecule has 0 saturated heterocycles. The molecule has 5 heteroatoms. The standard InChI is InChI=1S/C18H22BrNO3/c1-13-5-4-6-15(9-13)22-7-8-23-18-16(19)10-14(12-20-2)11-17(18)21-3/h4-6,9-11,20H,7-8,12H2,1-3H3. The number of hydrogen-bond acceptors (Lipinski definition) is 4. The van der Waals surface area contributed by atoms with Crippen LogP contribution >= 0.6 is 15.9 Å². The van der Waals surface area contributed by atoms with Gasteiger partial charge in [0, 0.05) is 6.54 Å². The van der Waals surface area contributed by atoms with E-state index >= 15 is 0 Å². The molecule has 0 amide bonds. The molecule has 4 nitrogen and oxygen atoms in total. The van der Waals surface area contributed by atoms with E-state index in [9.17, 15) is 0 Å². The maximum Gasteiger partial charge on any atom is 0.175 e. The third-order valence-electron chi connectivity index (χ3n) is 3.26. The first-order valence-corrected chi connectivity index (χ1v) is 8.26. The molecule has 0 heterocycles. The summed E-state index contributed by atoms with van der Waals surface area (Å²) in [6.45, 7) is 3.72. The highest BCUT2D eigenvalue weighted by atomic mass is 79.9. The maximum atomic E-state index is 5.83. The van der Waals surface area contributed by atoms with Gasteiger partial charge in [0.2, 0.25) is 0 Å². The lowest BCUT2D eigenvalue weighted by atomic mass is 10.2. The highest BCUT2D eigenvalue weighted by molar-refractivity contribution is 9.10. The summed E-state index contributed by atoms with van der Waals surface area (Å²) in [6.07, 6.45) is 0. The first-order chi connectivity index (χ1) is 11.1. The van der Waals surface area contributed by atoms with E-state index in [1.54, 1.807) is 7.11 Å². The van der Waals surface area contributed by atoms with Crippen molar-refractivity contribution < 1.29 is 14.2 Å². The van der Waals surface area contributed by atoms with Crippen LogP contribution in [0.5, 0.6) is 17.2 Å². The molecule has 2 rings (SSSR count). The molecule has 0 spiro atoms. The molecular formula is C18H22BrNO3. The van der Waals surface area contributed by atoms with Crippen LogP contribution < -0.4 is 19.5 Å². The molecule has 0 aliphatic carbocycles. The molecule has 0 bridgehead atoms. The minimum absolute atomic E-state index is 0.439. The molecule has 0 radical (unpaired) electrons. The smallest absolute Gasteiger partial charge is 0.175 e. The van der Waals surface area contributed by atoms with Crippen LogP contribution in [0.4, 0.5) is 0 Å². The number of aryl methyl sites for hydroxylation is 1. The molecule has 2 aromatic rings. The molecule has 0 aromatic heterocycles. The monoisotopic (exact) mass is 379 g/mol. The van der Waals surface area contributed by atoms with Crippen molar-refractivity contribution in [2.45, 2.75) is 13.5 Å². The van der Waals surface area contributed by atoms with Gasteiger partial charge in [0.1, 0.15) is 19.0 Å². The average Bonchev–Trinajstić information content (AvgIpc) is 2.53. The Morgan fingerprint density at radius 3 is 2.57 bits per heavy atom. The van der Waals surface area contributed by atoms with Gasteiger partial charge in [-0.25, -0.2) is 0 Å². The second kappa shape index (κ2) is 8.79. The predicted molar refractivity (Wildman–Crippen MR) is 95.6 cm³/mol. The summed E-state index contributed by atoms with van der Waals surface area (Å²) in [5.41, 5.74) is 2.30. The minimum atomic E-state index is 0.439. The Bertz CT molecular complexity index is 646. The van der Waals surface area contributed by atoms with Gasteiger partial charge >= 0.3 is 0 Å². The second-order valence-corrected chi connectivity index (χ2v) is 6.01. The lowest BCUT2D eigenvalue weighted by molar-refractivity contribution is 0.210. The summed E-state index contributed by atoms with van der Waals surface area (Å²) in [5.74, 6) is 2.25. The number of nitrogens with one attached hydrogen (secondary N) is 1. The minimum Gasteiger partial charge on any atom is -0.493 e. The summed E-state index contributed by atoms with van der Waals surface area (Å²) in [4.78, 5) is 0. The number of hydrogen-bond donors (Lipinski definition) is 1. The van der Waals surface area contributed by atoms with E-state index in [0.717, 1.165) is 22.3 Å². The Morgan fingerprint density at radius 2 is 1.87 bits per heavy atom. The van der Waals surface area contributed by atoms with E-state index in [1.807, 2.05) is 50.4 Å². The second-order valence-electron chi connectivity index (χ2n) is 5.15. The summed E-state index contributed by atoms with van der Waals surface area (Å²) < 4.78 is 17.8. The first-order valence-electron chi connectivity index (χ1n) is 7.47. The van der Waals surface area contributed by atoms with Crippen LogP contribution in [0, 0.1) is 6.92 Å². The van der Waals surface area contributed by atoms with Gasteiger partial charge in [0.05, 0.1) is 11.6 Å². The summed E-state index contributed by atoms with van der Waals surface area (Å²) in [5, 5.41) is 3.12. The lowest BCUT2D eigenvalue weighted by Gasteiger charge is -2.15. The predicted octanol–water partition coefficient (Wildman–Crippen LogP) is 3.94. The molecule has 0 aliphatic rings. The van der Waals surface area contributed by atoms with Crippen LogP contribution in [-0.4, -0.2) is 27.4 Å². The largest absolute Gasteiger partial charge is 0.493 e. The highest BCUT2D eigenvalue weighted by Crippen LogP contribution is 2.36. The van der Waals surface area contributed by atoms with Crippen molar-refractivity contribution in [3.8, 4) is 17.2 Å². The van der Waals surface area contributed by atoms with E-state index in [1.165, 1.54) is 5.56 Å². The molecule has 0 fully saturated rings. The molecule has 2 aromatic carbocycles. The fourth-order valence-electron chi connectivity index (χ4n) is 2.23. The molecule has 1 N–H and O–H groups in total. The van der Waals surface area contributed by atoms with Gasteiger partial charge in [0.25, 0.3) is 0 Å². The number of methoxy groups -OCH3 is 1. The van der Waals surface area contributed by atoms with Crippen LogP contribution in [0.15, 0.2) is 40.9 Å². The first kappa shape index (κ1) is 17.6. The van der Waals surface area contributed by atoms with Crippen molar-refractivity contribution in [2.75, 3.05) is 27.4 Å². The van der Waals surface area contributed by atoms with E-state index in [4.69, 9.17) is 14.2 Å². The molecule has 23 heavy (non-hydrogen) atoms. The Morgan fingerprint density at radius 1 is 1.09 bits per heavy atom. The molecule has 0 atom stereocenters. The van der Waals surface area contributed by atoms with Crippen molar-refractivity contribution in [3.05, 3.63) is 52.0 Å². The van der Waals surface area contributed by atoms with E-state index in [0.29, 0.717) is 24.7 Å².